The Kier molecular flexibility index (Phi) is 5.61. The van der Waals surface area contributed by atoms with E-state index in [4.69, 9.17) is 14.2 Å². The molecule has 1 aromatic rings. The van der Waals surface area contributed by atoms with Gasteiger partial charge in [0.05, 0.1) is 11.7 Å². The quantitative estimate of drug-likeness (QED) is 0.895. The normalized spacial score (nSPS) is 27.6. The van der Waals surface area contributed by atoms with E-state index in [0.29, 0.717) is 0 Å². The zero-order valence-corrected chi connectivity index (χ0v) is 16.2. The van der Waals surface area contributed by atoms with Crippen molar-refractivity contribution in [3.8, 4) is 0 Å². The Morgan fingerprint density at radius 3 is 2.28 bits per heavy atom. The summed E-state index contributed by atoms with van der Waals surface area (Å²) in [6.45, 7) is 12.3. The van der Waals surface area contributed by atoms with Crippen molar-refractivity contribution in [2.75, 3.05) is 7.11 Å². The molecule has 1 saturated heterocycles. The first-order valence-corrected chi connectivity index (χ1v) is 8.59. The van der Waals surface area contributed by atoms with Crippen molar-refractivity contribution in [2.45, 2.75) is 78.1 Å². The largest absolute Gasteiger partial charge is 0.374 e. The minimum atomic E-state index is -0.658. The number of hydrogen-bond acceptors (Lipinski definition) is 5. The van der Waals surface area contributed by atoms with E-state index in [1.54, 1.807) is 7.11 Å². The van der Waals surface area contributed by atoms with E-state index in [1.807, 2.05) is 20.8 Å². The predicted octanol–water partition coefficient (Wildman–Crippen LogP) is 2.07. The van der Waals surface area contributed by atoms with Crippen LogP contribution >= 0.6 is 0 Å². The number of hydrogen-bond donors (Lipinski definition) is 1. The molecule has 0 saturated carbocycles. The zero-order valence-electron chi connectivity index (χ0n) is 16.2. The van der Waals surface area contributed by atoms with E-state index in [9.17, 15) is 9.59 Å². The van der Waals surface area contributed by atoms with Gasteiger partial charge in [-0.05, 0) is 32.6 Å². The van der Waals surface area contributed by atoms with Gasteiger partial charge >= 0.3 is 5.69 Å². The highest BCUT2D eigenvalue weighted by molar-refractivity contribution is 4.96. The summed E-state index contributed by atoms with van der Waals surface area (Å²) in [4.78, 5) is 25.8. The second-order valence-electron chi connectivity index (χ2n) is 8.74. The van der Waals surface area contributed by atoms with Gasteiger partial charge in [-0.2, -0.15) is 0 Å². The number of nitrogens with zero attached hydrogens (tertiary/aromatic N) is 1. The number of aromatic amines is 1. The van der Waals surface area contributed by atoms with E-state index in [0.717, 1.165) is 6.42 Å². The molecule has 7 heteroatoms. The number of rotatable bonds is 4. The lowest BCUT2D eigenvalue weighted by Gasteiger charge is -2.32. The predicted molar refractivity (Wildman–Crippen MR) is 94.7 cm³/mol. The number of ether oxygens (including phenoxy) is 3. The molecule has 0 aliphatic carbocycles. The van der Waals surface area contributed by atoms with Gasteiger partial charge in [0.25, 0.3) is 5.56 Å². The first-order chi connectivity index (χ1) is 11.4. The zero-order chi connectivity index (χ0) is 19.0. The van der Waals surface area contributed by atoms with Gasteiger partial charge in [-0.1, -0.05) is 20.8 Å². The third-order valence-corrected chi connectivity index (χ3v) is 3.99. The van der Waals surface area contributed by atoms with E-state index >= 15 is 0 Å². The summed E-state index contributed by atoms with van der Waals surface area (Å²) in [7, 11) is 1.58. The van der Waals surface area contributed by atoms with Gasteiger partial charge in [0.2, 0.25) is 0 Å². The monoisotopic (exact) mass is 354 g/mol. The summed E-state index contributed by atoms with van der Waals surface area (Å²) >= 11 is 0. The highest BCUT2D eigenvalue weighted by Gasteiger charge is 2.49. The average Bonchev–Trinajstić information content (AvgIpc) is 2.72. The number of methoxy groups -OCH3 is 1. The van der Waals surface area contributed by atoms with Gasteiger partial charge in [-0.15, -0.1) is 0 Å². The number of aromatic nitrogens is 2. The summed E-state index contributed by atoms with van der Waals surface area (Å²) in [6, 6.07) is 1.30. The number of H-pyrrole nitrogens is 1. The molecule has 7 nitrogen and oxygen atoms in total. The van der Waals surface area contributed by atoms with Crippen LogP contribution in [0.2, 0.25) is 0 Å². The maximum Gasteiger partial charge on any atom is 0.330 e. The third kappa shape index (κ3) is 5.03. The van der Waals surface area contributed by atoms with Crippen molar-refractivity contribution >= 4 is 0 Å². The topological polar surface area (TPSA) is 82.6 Å². The highest BCUT2D eigenvalue weighted by Crippen LogP contribution is 2.39. The fourth-order valence-electron chi connectivity index (χ4n) is 3.13. The molecule has 1 aliphatic rings. The van der Waals surface area contributed by atoms with Crippen LogP contribution in [0.1, 0.15) is 54.2 Å². The maximum absolute atomic E-state index is 12.2. The first-order valence-electron chi connectivity index (χ1n) is 8.59. The summed E-state index contributed by atoms with van der Waals surface area (Å²) < 4.78 is 19.5. The van der Waals surface area contributed by atoms with E-state index in [-0.39, 0.29) is 23.2 Å². The molecule has 0 bridgehead atoms. The fraction of sp³-hybridized carbons (Fsp3) is 0.778. The van der Waals surface area contributed by atoms with Crippen LogP contribution in [0.25, 0.3) is 0 Å². The smallest absolute Gasteiger partial charge is 0.330 e. The van der Waals surface area contributed by atoms with Crippen LogP contribution in [-0.4, -0.2) is 40.6 Å². The summed E-state index contributed by atoms with van der Waals surface area (Å²) in [5.74, 6) is 0. The summed E-state index contributed by atoms with van der Waals surface area (Å²) in [6.07, 6.45) is 0.513. The molecule has 142 valence electrons. The summed E-state index contributed by atoms with van der Waals surface area (Å²) in [5, 5.41) is 0. The van der Waals surface area contributed by atoms with Crippen LogP contribution in [-0.2, 0) is 14.2 Å². The Hall–Kier alpha value is -1.44. The van der Waals surface area contributed by atoms with Gasteiger partial charge in [-0.3, -0.25) is 14.3 Å². The molecular formula is C18H30N2O5. The third-order valence-electron chi connectivity index (χ3n) is 3.99. The van der Waals surface area contributed by atoms with Crippen LogP contribution in [0, 0.1) is 5.41 Å². The number of nitrogens with one attached hydrogen (secondary N) is 1. The van der Waals surface area contributed by atoms with E-state index in [2.05, 4.69) is 25.8 Å². The first kappa shape index (κ1) is 19.9. The second-order valence-corrected chi connectivity index (χ2v) is 8.74. The van der Waals surface area contributed by atoms with Crippen LogP contribution in [0.4, 0.5) is 0 Å². The Balaban J connectivity index is 2.41. The Labute approximate surface area is 148 Å². The minimum absolute atomic E-state index is 0.0211. The minimum Gasteiger partial charge on any atom is -0.374 e. The van der Waals surface area contributed by atoms with Crippen molar-refractivity contribution in [3.63, 3.8) is 0 Å². The molecule has 1 N–H and O–H groups in total. The molecule has 0 spiro atoms. The lowest BCUT2D eigenvalue weighted by atomic mass is 9.87. The second kappa shape index (κ2) is 7.05. The van der Waals surface area contributed by atoms with Gasteiger partial charge in [0.15, 0.2) is 6.23 Å². The standard InChI is InChI=1S/C18H30N2O5/c1-17(2,3)10-11-13(25-18(4,5)6)14(23-7)15(24-11)20-9-8-12(21)19-16(20)22/h8-9,11,13-15H,10H2,1-7H3,(H,19,21,22)/t11-,13?,14+,15-/m1/s1. The molecule has 25 heavy (non-hydrogen) atoms. The molecule has 1 aliphatic heterocycles. The molecule has 0 amide bonds. The lowest BCUT2D eigenvalue weighted by Crippen LogP contribution is -2.43. The molecule has 1 unspecified atom stereocenters. The molecular weight excluding hydrogens is 324 g/mol. The molecule has 0 aromatic carbocycles. The molecule has 1 fully saturated rings. The molecule has 4 atom stereocenters. The SMILES string of the molecule is CO[C@H]1C(OC(C)(C)C)[C@@H](CC(C)(C)C)O[C@H]1n1ccc(=O)[nH]c1=O. The summed E-state index contributed by atoms with van der Waals surface area (Å²) in [5.41, 5.74) is -1.33. The lowest BCUT2D eigenvalue weighted by molar-refractivity contribution is -0.124. The Morgan fingerprint density at radius 1 is 1.16 bits per heavy atom. The Bertz CT molecular complexity index is 695. The van der Waals surface area contributed by atoms with Crippen molar-refractivity contribution in [3.05, 3.63) is 33.1 Å². The molecule has 2 heterocycles. The van der Waals surface area contributed by atoms with Gasteiger partial charge in [-0.25, -0.2) is 4.79 Å². The van der Waals surface area contributed by atoms with E-state index in [1.165, 1.54) is 16.8 Å². The van der Waals surface area contributed by atoms with Crippen molar-refractivity contribution in [2.24, 2.45) is 5.41 Å². The molecule has 1 aromatic heterocycles. The van der Waals surface area contributed by atoms with E-state index < -0.39 is 23.6 Å². The average molecular weight is 354 g/mol. The van der Waals surface area contributed by atoms with Crippen molar-refractivity contribution in [1.82, 2.24) is 9.55 Å². The van der Waals surface area contributed by atoms with Gasteiger partial charge < -0.3 is 14.2 Å². The van der Waals surface area contributed by atoms with Gasteiger partial charge in [0, 0.05) is 19.4 Å². The maximum atomic E-state index is 12.2. The van der Waals surface area contributed by atoms with Crippen LogP contribution in [0.5, 0.6) is 0 Å². The van der Waals surface area contributed by atoms with Crippen LogP contribution in [0.15, 0.2) is 21.9 Å². The van der Waals surface area contributed by atoms with Gasteiger partial charge in [0.1, 0.15) is 12.2 Å². The van der Waals surface area contributed by atoms with Crippen molar-refractivity contribution in [1.29, 1.82) is 0 Å². The Morgan fingerprint density at radius 2 is 1.80 bits per heavy atom. The highest BCUT2D eigenvalue weighted by atomic mass is 16.6. The molecule has 0 radical (unpaired) electrons. The fourth-order valence-corrected chi connectivity index (χ4v) is 3.13. The van der Waals surface area contributed by atoms with Crippen molar-refractivity contribution < 1.29 is 14.2 Å². The van der Waals surface area contributed by atoms with Crippen LogP contribution in [0.3, 0.4) is 0 Å². The van der Waals surface area contributed by atoms with Crippen LogP contribution < -0.4 is 11.2 Å². The molecule has 2 rings (SSSR count).